The molecule has 2 atom stereocenters. The van der Waals surface area contributed by atoms with Gasteiger partial charge in [-0.1, -0.05) is 6.07 Å². The van der Waals surface area contributed by atoms with Crippen molar-refractivity contribution in [3.8, 4) is 5.88 Å². The number of nitrogens with one attached hydrogen (secondary N) is 2. The number of hydrogen-bond donors (Lipinski definition) is 3. The summed E-state index contributed by atoms with van der Waals surface area (Å²) in [7, 11) is 0. The van der Waals surface area contributed by atoms with Gasteiger partial charge in [0.25, 0.3) is 0 Å². The minimum absolute atomic E-state index is 0.195. The molecule has 2 aromatic heterocycles. The van der Waals surface area contributed by atoms with Gasteiger partial charge in [-0.3, -0.25) is 5.10 Å². The number of carbonyl (C=O) groups is 1. The summed E-state index contributed by atoms with van der Waals surface area (Å²) in [5, 5.41) is 10.7. The third-order valence-corrected chi connectivity index (χ3v) is 5.19. The van der Waals surface area contributed by atoms with E-state index in [0.717, 1.165) is 43.6 Å². The van der Waals surface area contributed by atoms with Gasteiger partial charge in [0.1, 0.15) is 5.82 Å². The molecule has 1 saturated carbocycles. The fourth-order valence-corrected chi connectivity index (χ4v) is 3.86. The van der Waals surface area contributed by atoms with E-state index in [4.69, 9.17) is 10.5 Å². The number of rotatable bonds is 0. The molecule has 1 aliphatic heterocycles. The van der Waals surface area contributed by atoms with Crippen molar-refractivity contribution in [1.82, 2.24) is 20.1 Å². The summed E-state index contributed by atoms with van der Waals surface area (Å²) in [5.41, 5.74) is 6.72. The Labute approximate surface area is 152 Å². The number of aromatic amines is 1. The normalized spacial score (nSPS) is 23.2. The molecule has 4 rings (SSSR count). The molecule has 1 fully saturated rings. The topological polar surface area (TPSA) is 109 Å². The Morgan fingerprint density at radius 1 is 1.27 bits per heavy atom. The molecule has 2 aromatic rings. The molecule has 8 nitrogen and oxygen atoms in total. The van der Waals surface area contributed by atoms with E-state index >= 15 is 0 Å². The van der Waals surface area contributed by atoms with Crippen LogP contribution in [-0.2, 0) is 0 Å². The van der Waals surface area contributed by atoms with Gasteiger partial charge in [0.2, 0.25) is 5.88 Å². The van der Waals surface area contributed by atoms with Gasteiger partial charge >= 0.3 is 6.03 Å². The van der Waals surface area contributed by atoms with E-state index in [1.807, 2.05) is 29.2 Å². The second-order valence-corrected chi connectivity index (χ2v) is 6.95. The van der Waals surface area contributed by atoms with Crippen molar-refractivity contribution in [2.45, 2.75) is 44.1 Å². The van der Waals surface area contributed by atoms with Gasteiger partial charge in [-0.2, -0.15) is 10.1 Å². The highest BCUT2D eigenvalue weighted by atomic mass is 16.5. The highest BCUT2D eigenvalue weighted by molar-refractivity contribution is 5.72. The van der Waals surface area contributed by atoms with Crippen molar-refractivity contribution in [2.24, 2.45) is 5.73 Å². The first-order chi connectivity index (χ1) is 12.7. The van der Waals surface area contributed by atoms with Crippen LogP contribution in [0.4, 0.5) is 16.4 Å². The quantitative estimate of drug-likeness (QED) is 0.672. The molecule has 138 valence electrons. The first-order valence-corrected chi connectivity index (χ1v) is 9.17. The zero-order chi connectivity index (χ0) is 17.9. The van der Waals surface area contributed by atoms with E-state index in [1.54, 1.807) is 0 Å². The smallest absolute Gasteiger partial charge is 0.315 e. The number of pyridine rings is 1. The van der Waals surface area contributed by atoms with Crippen molar-refractivity contribution >= 4 is 17.7 Å². The molecule has 6 bridgehead atoms. The monoisotopic (exact) mass is 356 g/mol. The van der Waals surface area contributed by atoms with Gasteiger partial charge in [-0.05, 0) is 38.2 Å². The number of ether oxygens (including phenoxy) is 1. The average molecular weight is 356 g/mol. The van der Waals surface area contributed by atoms with E-state index in [-0.39, 0.29) is 12.1 Å². The Morgan fingerprint density at radius 3 is 3.08 bits per heavy atom. The number of nitrogens with zero attached hydrogens (tertiary/aromatic N) is 3. The summed E-state index contributed by atoms with van der Waals surface area (Å²) >= 11 is 0. The maximum atomic E-state index is 11.9. The number of aromatic nitrogens is 3. The van der Waals surface area contributed by atoms with Crippen molar-refractivity contribution in [1.29, 1.82) is 0 Å². The van der Waals surface area contributed by atoms with Gasteiger partial charge in [0.05, 0.1) is 6.61 Å². The van der Waals surface area contributed by atoms with Crippen LogP contribution in [-0.4, -0.2) is 45.3 Å². The van der Waals surface area contributed by atoms with Crippen molar-refractivity contribution < 1.29 is 9.53 Å². The Bertz CT molecular complexity index is 777. The van der Waals surface area contributed by atoms with Crippen LogP contribution in [0.3, 0.4) is 0 Å². The van der Waals surface area contributed by atoms with Crippen molar-refractivity contribution in [2.75, 3.05) is 18.5 Å². The maximum absolute atomic E-state index is 11.9. The van der Waals surface area contributed by atoms with Crippen LogP contribution in [0, 0.1) is 0 Å². The molecule has 0 spiro atoms. The molecule has 0 unspecified atom stereocenters. The Morgan fingerprint density at radius 2 is 2.19 bits per heavy atom. The SMILES string of the molecule is NC(=O)N1CCCCOc2cccc(n2)Nc2cc([nH]n2)[C@H]2CC[C@@H]1C2. The second kappa shape index (κ2) is 7.23. The van der Waals surface area contributed by atoms with Gasteiger partial charge < -0.3 is 20.7 Å². The third kappa shape index (κ3) is 3.58. The van der Waals surface area contributed by atoms with Crippen LogP contribution in [0.1, 0.15) is 43.7 Å². The number of hydrogen-bond acceptors (Lipinski definition) is 5. The highest BCUT2D eigenvalue weighted by Gasteiger charge is 2.32. The molecule has 2 amide bonds. The van der Waals surface area contributed by atoms with Crippen molar-refractivity contribution in [3.63, 3.8) is 0 Å². The number of primary amides is 1. The highest BCUT2D eigenvalue weighted by Crippen LogP contribution is 2.37. The zero-order valence-electron chi connectivity index (χ0n) is 14.6. The van der Waals surface area contributed by atoms with Gasteiger partial charge in [0.15, 0.2) is 5.82 Å². The van der Waals surface area contributed by atoms with Gasteiger partial charge in [-0.25, -0.2) is 4.79 Å². The second-order valence-electron chi connectivity index (χ2n) is 6.95. The van der Waals surface area contributed by atoms with Gasteiger partial charge in [-0.15, -0.1) is 0 Å². The fourth-order valence-electron chi connectivity index (χ4n) is 3.86. The minimum Gasteiger partial charge on any atom is -0.478 e. The number of carbonyl (C=O) groups excluding carboxylic acids is 1. The lowest BCUT2D eigenvalue weighted by Gasteiger charge is -2.27. The molecule has 0 saturated heterocycles. The Hall–Kier alpha value is -2.77. The number of urea groups is 1. The number of H-pyrrole nitrogens is 1. The number of fused-ring (bicyclic) bond motifs is 7. The molecule has 2 aliphatic rings. The summed E-state index contributed by atoms with van der Waals surface area (Å²) in [6, 6.07) is 7.50. The molecule has 8 heteroatoms. The predicted molar refractivity (Wildman–Crippen MR) is 97.5 cm³/mol. The molecule has 1 aliphatic carbocycles. The average Bonchev–Trinajstić information content (AvgIpc) is 3.27. The van der Waals surface area contributed by atoms with E-state index in [2.05, 4.69) is 20.5 Å². The first kappa shape index (κ1) is 16.7. The summed E-state index contributed by atoms with van der Waals surface area (Å²) in [6.07, 6.45) is 4.60. The molecule has 0 radical (unpaired) electrons. The first-order valence-electron chi connectivity index (χ1n) is 9.17. The van der Waals surface area contributed by atoms with Crippen LogP contribution in [0.5, 0.6) is 5.88 Å². The van der Waals surface area contributed by atoms with E-state index in [1.165, 1.54) is 0 Å². The lowest BCUT2D eigenvalue weighted by Crippen LogP contribution is -2.43. The maximum Gasteiger partial charge on any atom is 0.315 e. The van der Waals surface area contributed by atoms with E-state index in [0.29, 0.717) is 30.8 Å². The standard InChI is InChI=1S/C18H24N6O2/c19-18(25)24-8-1-2-9-26-17-5-3-4-15(21-17)20-16-11-14(22-23-16)12-6-7-13(24)10-12/h3-5,11-13H,1-2,6-10H2,(H2,19,25)(H2,20,21,22,23)/t12-,13+/m0/s1. The Kier molecular flexibility index (Phi) is 4.64. The Balaban J connectivity index is 1.58. The number of anilines is 2. The molecular formula is C18H24N6O2. The van der Waals surface area contributed by atoms with Crippen LogP contribution >= 0.6 is 0 Å². The summed E-state index contributed by atoms with van der Waals surface area (Å²) in [6.45, 7) is 1.22. The van der Waals surface area contributed by atoms with E-state index in [9.17, 15) is 4.79 Å². The molecule has 26 heavy (non-hydrogen) atoms. The zero-order valence-corrected chi connectivity index (χ0v) is 14.6. The lowest BCUT2D eigenvalue weighted by molar-refractivity contribution is 0.179. The summed E-state index contributed by atoms with van der Waals surface area (Å²) in [4.78, 5) is 18.2. The van der Waals surface area contributed by atoms with Crippen LogP contribution in [0.2, 0.25) is 0 Å². The number of amides is 2. The fraction of sp³-hybridized carbons (Fsp3) is 0.500. The third-order valence-electron chi connectivity index (χ3n) is 5.19. The molecule has 0 aromatic carbocycles. The summed E-state index contributed by atoms with van der Waals surface area (Å²) in [5.74, 6) is 2.37. The molecular weight excluding hydrogens is 332 g/mol. The predicted octanol–water partition coefficient (Wildman–Crippen LogP) is 2.74. The van der Waals surface area contributed by atoms with E-state index < -0.39 is 0 Å². The van der Waals surface area contributed by atoms with Crippen LogP contribution in [0.15, 0.2) is 24.3 Å². The number of nitrogens with two attached hydrogens (primary N) is 1. The van der Waals surface area contributed by atoms with Crippen LogP contribution < -0.4 is 15.8 Å². The van der Waals surface area contributed by atoms with Crippen LogP contribution in [0.25, 0.3) is 0 Å². The minimum atomic E-state index is -0.334. The van der Waals surface area contributed by atoms with Gasteiger partial charge in [0, 0.05) is 36.3 Å². The summed E-state index contributed by atoms with van der Waals surface area (Å²) < 4.78 is 5.73. The molecule has 3 heterocycles. The molecule has 4 N–H and O–H groups in total. The lowest BCUT2D eigenvalue weighted by atomic mass is 10.0. The largest absolute Gasteiger partial charge is 0.478 e. The van der Waals surface area contributed by atoms with Crippen molar-refractivity contribution in [3.05, 3.63) is 30.0 Å².